The van der Waals surface area contributed by atoms with Crippen molar-refractivity contribution in [3.63, 3.8) is 0 Å². The summed E-state index contributed by atoms with van der Waals surface area (Å²) in [6, 6.07) is 9.63. The number of anilines is 1. The zero-order chi connectivity index (χ0) is 11.3. The molecule has 0 heterocycles. The van der Waals surface area contributed by atoms with Gasteiger partial charge in [0.15, 0.2) is 0 Å². The van der Waals surface area contributed by atoms with Crippen LogP contribution in [0.5, 0.6) is 0 Å². The zero-order valence-corrected chi connectivity index (χ0v) is 11.7. The Kier molecular flexibility index (Phi) is 5.32. The van der Waals surface area contributed by atoms with Crippen molar-refractivity contribution in [3.05, 3.63) is 30.3 Å². The van der Waals surface area contributed by atoms with Crippen LogP contribution in [0.3, 0.4) is 0 Å². The van der Waals surface area contributed by atoms with Gasteiger partial charge in [0.1, 0.15) is 0 Å². The molecule has 0 fully saturated rings. The van der Waals surface area contributed by atoms with E-state index in [1.807, 2.05) is 37.3 Å². The normalized spacial score (nSPS) is 12.2. The lowest BCUT2D eigenvalue weighted by Gasteiger charge is -2.22. The van der Waals surface area contributed by atoms with Gasteiger partial charge in [-0.25, -0.2) is 0 Å². The maximum atomic E-state index is 12.0. The highest BCUT2D eigenvalue weighted by molar-refractivity contribution is 9.10. The fourth-order valence-corrected chi connectivity index (χ4v) is 1.99. The summed E-state index contributed by atoms with van der Waals surface area (Å²) in [5.74, 6) is 0.0839. The minimum atomic E-state index is -0.116. The molecule has 4 heteroatoms. The average Bonchev–Trinajstić information content (AvgIpc) is 2.30. The number of hydrogen-bond donors (Lipinski definition) is 0. The third-order valence-electron chi connectivity index (χ3n) is 2.08. The van der Waals surface area contributed by atoms with Crippen LogP contribution in [0, 0.1) is 0 Å². The Morgan fingerprint density at radius 3 is 2.47 bits per heavy atom. The molecule has 0 aliphatic heterocycles. The summed E-state index contributed by atoms with van der Waals surface area (Å²) in [4.78, 5) is 13.6. The van der Waals surface area contributed by atoms with Crippen molar-refractivity contribution < 1.29 is 4.79 Å². The largest absolute Gasteiger partial charge is 0.301 e. The minimum absolute atomic E-state index is 0.0839. The number of hydrogen-bond acceptors (Lipinski definition) is 1. The third kappa shape index (κ3) is 3.31. The molecule has 0 aromatic heterocycles. The van der Waals surface area contributed by atoms with E-state index in [1.54, 1.807) is 4.90 Å². The number of amides is 1. The van der Waals surface area contributed by atoms with E-state index in [1.165, 1.54) is 0 Å². The smallest absolute Gasteiger partial charge is 0.241 e. The van der Waals surface area contributed by atoms with Crippen molar-refractivity contribution in [1.82, 2.24) is 0 Å². The monoisotopic (exact) mass is 333 g/mol. The molecule has 1 atom stereocenters. The number of carbonyl (C=O) groups excluding carboxylic acids is 1. The van der Waals surface area contributed by atoms with Gasteiger partial charge in [0.05, 0.1) is 10.3 Å². The number of carbonyl (C=O) groups is 1. The second-order valence-electron chi connectivity index (χ2n) is 3.10. The summed E-state index contributed by atoms with van der Waals surface area (Å²) in [6.07, 6.45) is 0.787. The van der Waals surface area contributed by atoms with Crippen molar-refractivity contribution in [3.8, 4) is 0 Å². The summed E-state index contributed by atoms with van der Waals surface area (Å²) >= 11 is 6.70. The van der Waals surface area contributed by atoms with Gasteiger partial charge in [-0.3, -0.25) is 4.79 Å². The van der Waals surface area contributed by atoms with Crippen LogP contribution in [0.1, 0.15) is 13.3 Å². The molecule has 0 N–H and O–H groups in total. The second kappa shape index (κ2) is 6.28. The van der Waals surface area contributed by atoms with Crippen LogP contribution in [0.4, 0.5) is 5.69 Å². The highest BCUT2D eigenvalue weighted by Gasteiger charge is 2.20. The van der Waals surface area contributed by atoms with E-state index < -0.39 is 0 Å². The Labute approximate surface area is 107 Å². The van der Waals surface area contributed by atoms with Crippen molar-refractivity contribution >= 4 is 43.5 Å². The number of halogens is 2. The van der Waals surface area contributed by atoms with Gasteiger partial charge in [-0.15, -0.1) is 0 Å². The Morgan fingerprint density at radius 1 is 1.40 bits per heavy atom. The topological polar surface area (TPSA) is 20.3 Å². The molecule has 0 bridgehead atoms. The lowest BCUT2D eigenvalue weighted by molar-refractivity contribution is -0.117. The van der Waals surface area contributed by atoms with E-state index >= 15 is 0 Å². The summed E-state index contributed by atoms with van der Waals surface area (Å²) in [5, 5.41) is 0. The molecule has 1 aromatic rings. The van der Waals surface area contributed by atoms with E-state index in [0.717, 1.165) is 12.1 Å². The molecule has 1 rings (SSSR count). The number of rotatable bonds is 4. The summed E-state index contributed by atoms with van der Waals surface area (Å²) in [7, 11) is 0. The molecule has 0 spiro atoms. The highest BCUT2D eigenvalue weighted by Crippen LogP contribution is 2.19. The van der Waals surface area contributed by atoms with Crippen LogP contribution in [-0.2, 0) is 4.79 Å². The van der Waals surface area contributed by atoms with E-state index in [0.29, 0.717) is 5.45 Å². The fraction of sp³-hybridized carbons (Fsp3) is 0.364. The van der Waals surface area contributed by atoms with Crippen molar-refractivity contribution in [1.29, 1.82) is 0 Å². The highest BCUT2D eigenvalue weighted by atomic mass is 79.9. The first kappa shape index (κ1) is 12.7. The number of nitrogens with zero attached hydrogens (tertiary/aromatic N) is 1. The molecule has 2 nitrogen and oxygen atoms in total. The van der Waals surface area contributed by atoms with E-state index in [2.05, 4.69) is 31.9 Å². The second-order valence-corrected chi connectivity index (χ2v) is 4.70. The SMILES string of the molecule is CCC(Br)C(=O)N(CBr)c1ccccc1. The Bertz CT molecular complexity index is 316. The van der Waals surface area contributed by atoms with Gasteiger partial charge < -0.3 is 4.90 Å². The van der Waals surface area contributed by atoms with E-state index in [9.17, 15) is 4.79 Å². The molecule has 0 saturated heterocycles. The van der Waals surface area contributed by atoms with E-state index in [-0.39, 0.29) is 10.7 Å². The Balaban J connectivity index is 2.85. The molecule has 0 aliphatic rings. The van der Waals surface area contributed by atoms with Crippen LogP contribution in [-0.4, -0.2) is 16.2 Å². The van der Waals surface area contributed by atoms with Crippen LogP contribution >= 0.6 is 31.9 Å². The molecule has 0 saturated carbocycles. The quantitative estimate of drug-likeness (QED) is 0.609. The summed E-state index contributed by atoms with van der Waals surface area (Å²) < 4.78 is 0. The predicted molar refractivity (Wildman–Crippen MR) is 70.7 cm³/mol. The molecule has 15 heavy (non-hydrogen) atoms. The average molecular weight is 335 g/mol. The molecule has 0 radical (unpaired) electrons. The summed E-state index contributed by atoms with van der Waals surface area (Å²) in [6.45, 7) is 1.98. The first-order valence-electron chi connectivity index (χ1n) is 4.77. The molecular formula is C11H13Br2NO. The first-order chi connectivity index (χ1) is 7.20. The molecular weight excluding hydrogens is 322 g/mol. The van der Waals surface area contributed by atoms with Crippen LogP contribution < -0.4 is 4.90 Å². The molecule has 1 amide bonds. The van der Waals surface area contributed by atoms with Gasteiger partial charge in [0.2, 0.25) is 5.91 Å². The molecule has 1 unspecified atom stereocenters. The third-order valence-corrected chi connectivity index (χ3v) is 3.62. The maximum Gasteiger partial charge on any atom is 0.241 e. The maximum absolute atomic E-state index is 12.0. The van der Waals surface area contributed by atoms with Crippen LogP contribution in [0.15, 0.2) is 30.3 Å². The van der Waals surface area contributed by atoms with E-state index in [4.69, 9.17) is 0 Å². The van der Waals surface area contributed by atoms with Crippen LogP contribution in [0.2, 0.25) is 0 Å². The van der Waals surface area contributed by atoms with Crippen LogP contribution in [0.25, 0.3) is 0 Å². The number of benzene rings is 1. The molecule has 0 aliphatic carbocycles. The van der Waals surface area contributed by atoms with Crippen molar-refractivity contribution in [2.24, 2.45) is 0 Å². The predicted octanol–water partition coefficient (Wildman–Crippen LogP) is 3.55. The zero-order valence-electron chi connectivity index (χ0n) is 8.49. The van der Waals surface area contributed by atoms with Gasteiger partial charge in [0.25, 0.3) is 0 Å². The van der Waals surface area contributed by atoms with Gasteiger partial charge in [-0.1, -0.05) is 57.0 Å². The number of alkyl halides is 2. The minimum Gasteiger partial charge on any atom is -0.301 e. The van der Waals surface area contributed by atoms with Crippen molar-refractivity contribution in [2.75, 3.05) is 10.4 Å². The van der Waals surface area contributed by atoms with Gasteiger partial charge >= 0.3 is 0 Å². The molecule has 82 valence electrons. The lowest BCUT2D eigenvalue weighted by Crippen LogP contribution is -2.35. The fourth-order valence-electron chi connectivity index (χ4n) is 1.21. The molecule has 1 aromatic carbocycles. The van der Waals surface area contributed by atoms with Crippen molar-refractivity contribution in [2.45, 2.75) is 18.2 Å². The first-order valence-corrected chi connectivity index (χ1v) is 6.80. The van der Waals surface area contributed by atoms with Gasteiger partial charge in [-0.2, -0.15) is 0 Å². The lowest BCUT2D eigenvalue weighted by atomic mass is 10.2. The Morgan fingerprint density at radius 2 is 2.00 bits per heavy atom. The van der Waals surface area contributed by atoms with Gasteiger partial charge in [0, 0.05) is 5.69 Å². The Hall–Kier alpha value is -0.350. The number of para-hydroxylation sites is 1. The van der Waals surface area contributed by atoms with Gasteiger partial charge in [-0.05, 0) is 18.6 Å². The summed E-state index contributed by atoms with van der Waals surface area (Å²) in [5.41, 5.74) is 1.43. The standard InChI is InChI=1S/C11H13Br2NO/c1-2-10(13)11(15)14(8-12)9-6-4-3-5-7-9/h3-7,10H,2,8H2,1H3.